The zero-order valence-corrected chi connectivity index (χ0v) is 14.7. The van der Waals surface area contributed by atoms with Gasteiger partial charge in [-0.3, -0.25) is 5.10 Å². The molecule has 1 aliphatic rings. The number of aromatic nitrogens is 3. The molecule has 0 spiro atoms. The number of aryl methyl sites for hydroxylation is 1. The normalized spacial score (nSPS) is 22.6. The van der Waals surface area contributed by atoms with Crippen LogP contribution in [0.1, 0.15) is 19.4 Å². The zero-order valence-electron chi connectivity index (χ0n) is 12.5. The van der Waals surface area contributed by atoms with Crippen LogP contribution in [-0.4, -0.2) is 40.4 Å². The van der Waals surface area contributed by atoms with E-state index in [4.69, 9.17) is 4.98 Å². The molecule has 21 heavy (non-hydrogen) atoms. The third-order valence-corrected chi connectivity index (χ3v) is 5.19. The number of rotatable bonds is 2. The first-order valence-corrected chi connectivity index (χ1v) is 8.31. The Morgan fingerprint density at radius 1 is 1.24 bits per heavy atom. The second-order valence-corrected chi connectivity index (χ2v) is 6.87. The molecule has 0 saturated carbocycles. The lowest BCUT2D eigenvalue weighted by molar-refractivity contribution is 0.403. The highest BCUT2D eigenvalue weighted by Crippen LogP contribution is 2.26. The van der Waals surface area contributed by atoms with Crippen LogP contribution in [0.25, 0.3) is 11.4 Å². The van der Waals surface area contributed by atoms with Gasteiger partial charge in [-0.1, -0.05) is 18.2 Å². The monoisotopic (exact) mass is 397 g/mol. The molecule has 1 aliphatic heterocycles. The van der Waals surface area contributed by atoms with Crippen LogP contribution in [0.3, 0.4) is 0 Å². The Hall–Kier alpha value is -1.15. The summed E-state index contributed by atoms with van der Waals surface area (Å²) < 4.78 is 1.22. The fraction of sp³-hybridized carbons (Fsp3) is 0.467. The number of H-pyrrole nitrogens is 1. The minimum atomic E-state index is 0.454. The molecule has 3 rings (SSSR count). The Morgan fingerprint density at radius 3 is 2.67 bits per heavy atom. The molecule has 1 aromatic heterocycles. The van der Waals surface area contributed by atoms with Crippen molar-refractivity contribution in [2.45, 2.75) is 32.9 Å². The van der Waals surface area contributed by atoms with E-state index in [2.05, 4.69) is 82.0 Å². The number of halogens is 1. The molecular formula is C15H20IN5. The standard InChI is InChI=1S/C15H20IN5/c1-9-5-4-6-12(13(9)16)14-18-15(20-19-14)21-7-10(2)17-11(3)8-21/h4-6,10-11,17H,7-8H2,1-3H3,(H,18,19,20). The van der Waals surface area contributed by atoms with Crippen molar-refractivity contribution in [3.05, 3.63) is 27.3 Å². The van der Waals surface area contributed by atoms with Crippen molar-refractivity contribution in [3.63, 3.8) is 0 Å². The fourth-order valence-electron chi connectivity index (χ4n) is 2.84. The first-order valence-electron chi connectivity index (χ1n) is 7.23. The average molecular weight is 397 g/mol. The van der Waals surface area contributed by atoms with Crippen molar-refractivity contribution in [1.82, 2.24) is 20.5 Å². The predicted molar refractivity (Wildman–Crippen MR) is 93.5 cm³/mol. The van der Waals surface area contributed by atoms with Crippen LogP contribution in [0.15, 0.2) is 18.2 Å². The van der Waals surface area contributed by atoms with Gasteiger partial charge >= 0.3 is 0 Å². The van der Waals surface area contributed by atoms with Crippen LogP contribution in [0.4, 0.5) is 5.95 Å². The summed E-state index contributed by atoms with van der Waals surface area (Å²) in [5.41, 5.74) is 2.38. The van der Waals surface area contributed by atoms with Gasteiger partial charge in [0.05, 0.1) is 0 Å². The molecule has 2 N–H and O–H groups in total. The first kappa shape index (κ1) is 14.8. The highest BCUT2D eigenvalue weighted by molar-refractivity contribution is 14.1. The SMILES string of the molecule is Cc1cccc(-c2nc(N3CC(C)NC(C)C3)n[nH]2)c1I. The number of hydrogen-bond donors (Lipinski definition) is 2. The molecule has 6 heteroatoms. The molecule has 0 amide bonds. The fourth-order valence-corrected chi connectivity index (χ4v) is 3.45. The molecule has 2 unspecified atom stereocenters. The number of nitrogens with zero attached hydrogens (tertiary/aromatic N) is 3. The first-order chi connectivity index (χ1) is 10.0. The smallest absolute Gasteiger partial charge is 0.245 e. The van der Waals surface area contributed by atoms with Crippen molar-refractivity contribution in [2.24, 2.45) is 0 Å². The van der Waals surface area contributed by atoms with Crippen molar-refractivity contribution in [1.29, 1.82) is 0 Å². The van der Waals surface area contributed by atoms with E-state index >= 15 is 0 Å². The summed E-state index contributed by atoms with van der Waals surface area (Å²) in [4.78, 5) is 6.95. The van der Waals surface area contributed by atoms with E-state index < -0.39 is 0 Å². The lowest BCUT2D eigenvalue weighted by Crippen LogP contribution is -2.54. The molecular weight excluding hydrogens is 377 g/mol. The molecule has 112 valence electrons. The summed E-state index contributed by atoms with van der Waals surface area (Å²) in [7, 11) is 0. The highest BCUT2D eigenvalue weighted by atomic mass is 127. The van der Waals surface area contributed by atoms with Crippen molar-refractivity contribution < 1.29 is 0 Å². The largest absolute Gasteiger partial charge is 0.336 e. The minimum absolute atomic E-state index is 0.454. The van der Waals surface area contributed by atoms with E-state index in [1.807, 2.05) is 0 Å². The maximum absolute atomic E-state index is 4.70. The highest BCUT2D eigenvalue weighted by Gasteiger charge is 2.24. The van der Waals surface area contributed by atoms with Crippen molar-refractivity contribution in [3.8, 4) is 11.4 Å². The summed E-state index contributed by atoms with van der Waals surface area (Å²) in [6.07, 6.45) is 0. The molecule has 0 radical (unpaired) electrons. The number of hydrogen-bond acceptors (Lipinski definition) is 4. The van der Waals surface area contributed by atoms with E-state index in [0.29, 0.717) is 12.1 Å². The number of piperazine rings is 1. The van der Waals surface area contributed by atoms with E-state index in [1.165, 1.54) is 9.13 Å². The molecule has 0 aliphatic carbocycles. The van der Waals surface area contributed by atoms with E-state index in [0.717, 1.165) is 30.4 Å². The van der Waals surface area contributed by atoms with Gasteiger partial charge < -0.3 is 10.2 Å². The van der Waals surface area contributed by atoms with Gasteiger partial charge in [-0.05, 0) is 48.9 Å². The van der Waals surface area contributed by atoms with Crippen molar-refractivity contribution in [2.75, 3.05) is 18.0 Å². The molecule has 0 bridgehead atoms. The van der Waals surface area contributed by atoms with Gasteiger partial charge in [0.2, 0.25) is 5.95 Å². The van der Waals surface area contributed by atoms with Crippen LogP contribution >= 0.6 is 22.6 Å². The van der Waals surface area contributed by atoms with E-state index in [1.54, 1.807) is 0 Å². The molecule has 1 saturated heterocycles. The lowest BCUT2D eigenvalue weighted by atomic mass is 10.1. The third kappa shape index (κ3) is 3.06. The Labute approximate surface area is 138 Å². The van der Waals surface area contributed by atoms with Gasteiger partial charge in [-0.2, -0.15) is 4.98 Å². The molecule has 2 heterocycles. The second-order valence-electron chi connectivity index (χ2n) is 5.79. The van der Waals surface area contributed by atoms with Gasteiger partial charge in [0.15, 0.2) is 5.82 Å². The summed E-state index contributed by atoms with van der Waals surface area (Å²) in [5.74, 6) is 1.64. The third-order valence-electron chi connectivity index (χ3n) is 3.76. The lowest BCUT2D eigenvalue weighted by Gasteiger charge is -2.35. The summed E-state index contributed by atoms with van der Waals surface area (Å²) in [5, 5.41) is 11.0. The number of nitrogens with one attached hydrogen (secondary N) is 2. The Kier molecular flexibility index (Phi) is 4.17. The zero-order chi connectivity index (χ0) is 15.0. The van der Waals surface area contributed by atoms with Crippen LogP contribution in [0.5, 0.6) is 0 Å². The molecule has 1 aromatic carbocycles. The van der Waals surface area contributed by atoms with E-state index in [-0.39, 0.29) is 0 Å². The maximum atomic E-state index is 4.70. The predicted octanol–water partition coefficient (Wildman–Crippen LogP) is 2.57. The van der Waals surface area contributed by atoms with Crippen LogP contribution < -0.4 is 10.2 Å². The molecule has 1 fully saturated rings. The summed E-state index contributed by atoms with van der Waals surface area (Å²) in [6, 6.07) is 7.17. The summed E-state index contributed by atoms with van der Waals surface area (Å²) >= 11 is 2.37. The molecule has 5 nitrogen and oxygen atoms in total. The number of anilines is 1. The number of aromatic amines is 1. The quantitative estimate of drug-likeness (QED) is 0.765. The molecule has 2 aromatic rings. The van der Waals surface area contributed by atoms with E-state index in [9.17, 15) is 0 Å². The number of benzene rings is 1. The Bertz CT molecular complexity index is 629. The minimum Gasteiger partial charge on any atom is -0.336 e. The van der Waals surface area contributed by atoms with Gasteiger partial charge in [0.25, 0.3) is 0 Å². The average Bonchev–Trinajstić information content (AvgIpc) is 2.90. The van der Waals surface area contributed by atoms with Crippen LogP contribution in [-0.2, 0) is 0 Å². The Morgan fingerprint density at radius 2 is 1.95 bits per heavy atom. The van der Waals surface area contributed by atoms with Gasteiger partial charge in [-0.15, -0.1) is 5.10 Å². The van der Waals surface area contributed by atoms with Gasteiger partial charge in [0.1, 0.15) is 0 Å². The van der Waals surface area contributed by atoms with Gasteiger partial charge in [0, 0.05) is 34.3 Å². The topological polar surface area (TPSA) is 56.8 Å². The van der Waals surface area contributed by atoms with Crippen LogP contribution in [0, 0.1) is 10.5 Å². The Balaban J connectivity index is 1.88. The maximum Gasteiger partial charge on any atom is 0.245 e. The summed E-state index contributed by atoms with van der Waals surface area (Å²) in [6.45, 7) is 8.38. The van der Waals surface area contributed by atoms with Crippen molar-refractivity contribution >= 4 is 28.5 Å². The molecule has 2 atom stereocenters. The van der Waals surface area contributed by atoms with Crippen LogP contribution in [0.2, 0.25) is 0 Å². The van der Waals surface area contributed by atoms with Gasteiger partial charge in [-0.25, -0.2) is 0 Å². The second kappa shape index (κ2) is 5.92.